The molecule has 16 heavy (non-hydrogen) atoms. The topological polar surface area (TPSA) is 49.2 Å². The summed E-state index contributed by atoms with van der Waals surface area (Å²) in [5.74, 6) is 0.680. The lowest BCUT2D eigenvalue weighted by atomic mass is 10.3. The van der Waals surface area contributed by atoms with Crippen LogP contribution < -0.4 is 4.90 Å². The second kappa shape index (κ2) is 6.70. The van der Waals surface area contributed by atoms with Crippen molar-refractivity contribution in [1.29, 1.82) is 0 Å². The van der Waals surface area contributed by atoms with Crippen LogP contribution in [0.3, 0.4) is 0 Å². The highest BCUT2D eigenvalue weighted by molar-refractivity contribution is 7.09. The van der Waals surface area contributed by atoms with Crippen LogP contribution in [0.25, 0.3) is 0 Å². The van der Waals surface area contributed by atoms with E-state index >= 15 is 0 Å². The molecule has 1 aromatic heterocycles. The van der Waals surface area contributed by atoms with Crippen LogP contribution in [-0.2, 0) is 6.42 Å². The van der Waals surface area contributed by atoms with Crippen LogP contribution in [0.2, 0.25) is 0 Å². The standard InChI is InChI=1S/C9H15F2N3OS/c1-2-3-8-12-9(16-13-8)14(4-5-15)6-7(10)11/h7,15H,2-6H2,1H3. The zero-order chi connectivity index (χ0) is 12.0. The number of aromatic nitrogens is 2. The zero-order valence-corrected chi connectivity index (χ0v) is 9.88. The highest BCUT2D eigenvalue weighted by Gasteiger charge is 2.16. The number of aliphatic hydroxyl groups excluding tert-OH is 1. The lowest BCUT2D eigenvalue weighted by molar-refractivity contribution is 0.153. The number of aryl methyl sites for hydroxylation is 1. The third-order valence-corrected chi connectivity index (χ3v) is 2.74. The van der Waals surface area contributed by atoms with Gasteiger partial charge < -0.3 is 10.0 Å². The summed E-state index contributed by atoms with van der Waals surface area (Å²) in [6.45, 7) is 1.58. The lowest BCUT2D eigenvalue weighted by Gasteiger charge is -2.19. The first-order chi connectivity index (χ1) is 7.67. The molecule has 1 N–H and O–H groups in total. The minimum Gasteiger partial charge on any atom is -0.395 e. The summed E-state index contributed by atoms with van der Waals surface area (Å²) in [7, 11) is 0. The number of halogens is 2. The van der Waals surface area contributed by atoms with Crippen molar-refractivity contribution in [3.63, 3.8) is 0 Å². The molecule has 1 heterocycles. The van der Waals surface area contributed by atoms with E-state index in [1.54, 1.807) is 0 Å². The highest BCUT2D eigenvalue weighted by Crippen LogP contribution is 2.18. The minimum absolute atomic E-state index is 0.158. The number of aliphatic hydroxyl groups is 1. The van der Waals surface area contributed by atoms with Gasteiger partial charge in [-0.15, -0.1) is 0 Å². The van der Waals surface area contributed by atoms with Crippen LogP contribution in [0.1, 0.15) is 19.2 Å². The summed E-state index contributed by atoms with van der Waals surface area (Å²) in [6.07, 6.45) is -0.770. The van der Waals surface area contributed by atoms with E-state index in [0.717, 1.165) is 24.4 Å². The molecular formula is C9H15F2N3OS. The van der Waals surface area contributed by atoms with Gasteiger partial charge in [-0.2, -0.15) is 4.37 Å². The molecule has 0 aliphatic heterocycles. The van der Waals surface area contributed by atoms with Crippen molar-refractivity contribution in [3.05, 3.63) is 5.82 Å². The summed E-state index contributed by atoms with van der Waals surface area (Å²) in [5.41, 5.74) is 0. The van der Waals surface area contributed by atoms with Gasteiger partial charge in [-0.3, -0.25) is 0 Å². The van der Waals surface area contributed by atoms with Crippen molar-refractivity contribution in [1.82, 2.24) is 9.36 Å². The van der Waals surface area contributed by atoms with Gasteiger partial charge in [0.15, 0.2) is 0 Å². The van der Waals surface area contributed by atoms with Gasteiger partial charge >= 0.3 is 0 Å². The summed E-state index contributed by atoms with van der Waals surface area (Å²) < 4.78 is 28.6. The zero-order valence-electron chi connectivity index (χ0n) is 9.07. The Balaban J connectivity index is 2.67. The maximum Gasteiger partial charge on any atom is 0.255 e. The normalized spacial score (nSPS) is 11.1. The van der Waals surface area contributed by atoms with Crippen LogP contribution in [0.5, 0.6) is 0 Å². The average Bonchev–Trinajstić information content (AvgIpc) is 2.66. The summed E-state index contributed by atoms with van der Waals surface area (Å²) in [5, 5.41) is 9.25. The predicted molar refractivity (Wildman–Crippen MR) is 59.2 cm³/mol. The fourth-order valence-electron chi connectivity index (χ4n) is 1.25. The molecule has 1 rings (SSSR count). The summed E-state index contributed by atoms with van der Waals surface area (Å²) in [6, 6.07) is 0. The molecule has 0 bridgehead atoms. The Kier molecular flexibility index (Phi) is 5.54. The van der Waals surface area contributed by atoms with Gasteiger partial charge in [-0.05, 0) is 6.42 Å². The molecule has 1 aromatic rings. The Hall–Kier alpha value is -0.820. The predicted octanol–water partition coefficient (Wildman–Crippen LogP) is 1.55. The molecule has 4 nitrogen and oxygen atoms in total. The molecule has 92 valence electrons. The molecule has 0 aromatic carbocycles. The van der Waals surface area contributed by atoms with Gasteiger partial charge in [0.2, 0.25) is 5.13 Å². The van der Waals surface area contributed by atoms with Crippen molar-refractivity contribution in [2.45, 2.75) is 26.2 Å². The molecule has 0 aliphatic rings. The van der Waals surface area contributed by atoms with Crippen molar-refractivity contribution in [3.8, 4) is 0 Å². The maximum absolute atomic E-state index is 12.3. The van der Waals surface area contributed by atoms with Crippen molar-refractivity contribution >= 4 is 16.7 Å². The van der Waals surface area contributed by atoms with Crippen molar-refractivity contribution < 1.29 is 13.9 Å². The molecule has 0 unspecified atom stereocenters. The van der Waals surface area contributed by atoms with E-state index in [1.807, 2.05) is 6.92 Å². The SMILES string of the molecule is CCCc1nsc(N(CCO)CC(F)F)n1. The number of hydrogen-bond acceptors (Lipinski definition) is 5. The molecular weight excluding hydrogens is 236 g/mol. The van der Waals surface area contributed by atoms with Crippen LogP contribution in [0.4, 0.5) is 13.9 Å². The maximum atomic E-state index is 12.3. The van der Waals surface area contributed by atoms with Gasteiger partial charge in [0.1, 0.15) is 5.82 Å². The second-order valence-electron chi connectivity index (χ2n) is 3.30. The highest BCUT2D eigenvalue weighted by atomic mass is 32.1. The minimum atomic E-state index is -2.44. The molecule has 0 saturated heterocycles. The van der Waals surface area contributed by atoms with Crippen LogP contribution in [-0.4, -0.2) is 40.6 Å². The van der Waals surface area contributed by atoms with Gasteiger partial charge in [0, 0.05) is 24.5 Å². The van der Waals surface area contributed by atoms with Gasteiger partial charge in [0.05, 0.1) is 13.2 Å². The smallest absolute Gasteiger partial charge is 0.255 e. The van der Waals surface area contributed by atoms with Gasteiger partial charge in [0.25, 0.3) is 6.43 Å². The van der Waals surface area contributed by atoms with Crippen LogP contribution in [0, 0.1) is 0 Å². The van der Waals surface area contributed by atoms with Crippen molar-refractivity contribution in [2.24, 2.45) is 0 Å². The van der Waals surface area contributed by atoms with Gasteiger partial charge in [-0.1, -0.05) is 6.92 Å². The Bertz CT molecular complexity index is 309. The third-order valence-electron chi connectivity index (χ3n) is 1.93. The molecule has 0 amide bonds. The monoisotopic (exact) mass is 251 g/mol. The van der Waals surface area contributed by atoms with E-state index in [1.165, 1.54) is 4.90 Å². The number of alkyl halides is 2. The fourth-order valence-corrected chi connectivity index (χ4v) is 2.00. The molecule has 0 fully saturated rings. The van der Waals surface area contributed by atoms with Crippen molar-refractivity contribution in [2.75, 3.05) is 24.6 Å². The second-order valence-corrected chi connectivity index (χ2v) is 4.03. The Morgan fingerprint density at radius 3 is 2.81 bits per heavy atom. The number of anilines is 1. The third kappa shape index (κ3) is 3.97. The van der Waals surface area contributed by atoms with Crippen LogP contribution >= 0.6 is 11.5 Å². The van der Waals surface area contributed by atoms with E-state index in [0.29, 0.717) is 11.0 Å². The van der Waals surface area contributed by atoms with Gasteiger partial charge in [-0.25, -0.2) is 13.8 Å². The number of rotatable bonds is 7. The molecule has 0 spiro atoms. The van der Waals surface area contributed by atoms with E-state index in [-0.39, 0.29) is 13.2 Å². The first kappa shape index (κ1) is 13.2. The first-order valence-electron chi connectivity index (χ1n) is 5.14. The van der Waals surface area contributed by atoms with E-state index < -0.39 is 13.0 Å². The summed E-state index contributed by atoms with van der Waals surface area (Å²) >= 11 is 1.10. The molecule has 0 aliphatic carbocycles. The van der Waals surface area contributed by atoms with E-state index in [2.05, 4.69) is 9.36 Å². The van der Waals surface area contributed by atoms with Crippen LogP contribution in [0.15, 0.2) is 0 Å². The first-order valence-corrected chi connectivity index (χ1v) is 5.91. The molecule has 0 saturated carbocycles. The molecule has 0 radical (unpaired) electrons. The summed E-state index contributed by atoms with van der Waals surface area (Å²) in [4.78, 5) is 5.52. The largest absolute Gasteiger partial charge is 0.395 e. The fraction of sp³-hybridized carbons (Fsp3) is 0.778. The molecule has 0 atom stereocenters. The average molecular weight is 251 g/mol. The lowest BCUT2D eigenvalue weighted by Crippen LogP contribution is -2.31. The quantitative estimate of drug-likeness (QED) is 0.799. The van der Waals surface area contributed by atoms with E-state index in [9.17, 15) is 8.78 Å². The van der Waals surface area contributed by atoms with E-state index in [4.69, 9.17) is 5.11 Å². The Labute approximate surface area is 97.1 Å². The number of nitrogens with zero attached hydrogens (tertiary/aromatic N) is 3. The Morgan fingerprint density at radius 1 is 1.50 bits per heavy atom. The number of hydrogen-bond donors (Lipinski definition) is 1. The molecule has 7 heteroatoms. The Morgan fingerprint density at radius 2 is 2.25 bits per heavy atom.